The zero-order valence-corrected chi connectivity index (χ0v) is 14.5. The fourth-order valence-electron chi connectivity index (χ4n) is 2.70. The lowest BCUT2D eigenvalue weighted by molar-refractivity contribution is 0.249. The first-order valence-electron chi connectivity index (χ1n) is 8.15. The first kappa shape index (κ1) is 16.7. The molecule has 0 radical (unpaired) electrons. The number of hydrogen-bond donors (Lipinski definition) is 2. The number of aromatic nitrogens is 3. The van der Waals surface area contributed by atoms with Crippen LogP contribution in [-0.4, -0.2) is 20.8 Å². The van der Waals surface area contributed by atoms with Crippen molar-refractivity contribution >= 4 is 11.7 Å². The van der Waals surface area contributed by atoms with Crippen LogP contribution in [0.15, 0.2) is 54.7 Å². The molecule has 1 aromatic carbocycles. The molecule has 1 atom stereocenters. The Morgan fingerprint density at radius 2 is 1.88 bits per heavy atom. The van der Waals surface area contributed by atoms with Crippen molar-refractivity contribution in [2.24, 2.45) is 0 Å². The number of benzene rings is 1. The highest BCUT2D eigenvalue weighted by Gasteiger charge is 2.13. The number of anilines is 1. The first-order chi connectivity index (χ1) is 12.0. The number of aryl methyl sites for hydroxylation is 2. The van der Waals surface area contributed by atoms with Gasteiger partial charge in [-0.2, -0.15) is 5.10 Å². The number of pyridine rings is 1. The third-order valence-corrected chi connectivity index (χ3v) is 3.87. The molecule has 0 saturated heterocycles. The van der Waals surface area contributed by atoms with Crippen LogP contribution >= 0.6 is 0 Å². The molecule has 0 fully saturated rings. The van der Waals surface area contributed by atoms with Gasteiger partial charge in [0.1, 0.15) is 0 Å². The van der Waals surface area contributed by atoms with Gasteiger partial charge in [-0.3, -0.25) is 4.98 Å². The molecule has 3 rings (SSSR count). The second-order valence-corrected chi connectivity index (χ2v) is 5.93. The molecule has 3 aromatic rings. The van der Waals surface area contributed by atoms with Gasteiger partial charge in [0, 0.05) is 11.9 Å². The van der Waals surface area contributed by atoms with E-state index in [1.165, 1.54) is 0 Å². The van der Waals surface area contributed by atoms with E-state index in [9.17, 15) is 4.79 Å². The molecule has 6 nitrogen and oxygen atoms in total. The highest BCUT2D eigenvalue weighted by atomic mass is 16.2. The summed E-state index contributed by atoms with van der Waals surface area (Å²) in [6, 6.07) is 14.7. The molecule has 2 heterocycles. The molecule has 0 unspecified atom stereocenters. The van der Waals surface area contributed by atoms with Crippen molar-refractivity contribution in [3.05, 3.63) is 71.8 Å². The van der Waals surface area contributed by atoms with Crippen LogP contribution in [-0.2, 0) is 0 Å². The Morgan fingerprint density at radius 3 is 2.56 bits per heavy atom. The van der Waals surface area contributed by atoms with E-state index >= 15 is 0 Å². The van der Waals surface area contributed by atoms with Crippen LogP contribution < -0.4 is 10.6 Å². The summed E-state index contributed by atoms with van der Waals surface area (Å²) in [6.45, 7) is 5.83. The smallest absolute Gasteiger partial charge is 0.319 e. The molecule has 6 heteroatoms. The van der Waals surface area contributed by atoms with Crippen LogP contribution in [0.1, 0.15) is 30.0 Å². The van der Waals surface area contributed by atoms with E-state index < -0.39 is 0 Å². The van der Waals surface area contributed by atoms with Crippen LogP contribution in [0, 0.1) is 13.8 Å². The van der Waals surface area contributed by atoms with Crippen molar-refractivity contribution in [1.82, 2.24) is 20.1 Å². The molecule has 0 aliphatic heterocycles. The largest absolute Gasteiger partial charge is 0.330 e. The molecule has 0 spiro atoms. The van der Waals surface area contributed by atoms with Crippen molar-refractivity contribution < 1.29 is 4.79 Å². The Hall–Kier alpha value is -3.15. The van der Waals surface area contributed by atoms with Crippen LogP contribution in [0.25, 0.3) is 5.69 Å². The Morgan fingerprint density at radius 1 is 1.12 bits per heavy atom. The lowest BCUT2D eigenvalue weighted by Crippen LogP contribution is -2.32. The third-order valence-electron chi connectivity index (χ3n) is 3.87. The van der Waals surface area contributed by atoms with E-state index in [4.69, 9.17) is 0 Å². The summed E-state index contributed by atoms with van der Waals surface area (Å²) >= 11 is 0. The summed E-state index contributed by atoms with van der Waals surface area (Å²) in [5.41, 5.74) is 4.27. The van der Waals surface area contributed by atoms with Crippen molar-refractivity contribution in [1.29, 1.82) is 0 Å². The number of para-hydroxylation sites is 2. The van der Waals surface area contributed by atoms with Gasteiger partial charge in [0.2, 0.25) is 0 Å². The minimum absolute atomic E-state index is 0.193. The van der Waals surface area contributed by atoms with Gasteiger partial charge in [-0.15, -0.1) is 0 Å². The van der Waals surface area contributed by atoms with Crippen molar-refractivity contribution in [2.75, 3.05) is 5.32 Å². The molecule has 25 heavy (non-hydrogen) atoms. The van der Waals surface area contributed by atoms with E-state index in [1.54, 1.807) is 6.20 Å². The summed E-state index contributed by atoms with van der Waals surface area (Å²) in [6.07, 6.45) is 1.71. The topological polar surface area (TPSA) is 71.8 Å². The molecular formula is C19H21N5O. The Balaban J connectivity index is 1.77. The third kappa shape index (κ3) is 3.85. The number of rotatable bonds is 4. The number of carbonyl (C=O) groups is 1. The van der Waals surface area contributed by atoms with Gasteiger partial charge in [-0.05, 0) is 51.1 Å². The van der Waals surface area contributed by atoms with Crippen LogP contribution in [0.2, 0.25) is 0 Å². The maximum absolute atomic E-state index is 12.4. The molecule has 2 amide bonds. The van der Waals surface area contributed by atoms with E-state index in [0.29, 0.717) is 5.69 Å². The summed E-state index contributed by atoms with van der Waals surface area (Å²) in [5, 5.41) is 10.3. The lowest BCUT2D eigenvalue weighted by atomic mass is 10.2. The molecular weight excluding hydrogens is 314 g/mol. The summed E-state index contributed by atoms with van der Waals surface area (Å²) < 4.78 is 1.83. The molecule has 0 aliphatic rings. The van der Waals surface area contributed by atoms with E-state index in [2.05, 4.69) is 20.7 Å². The molecule has 2 aromatic heterocycles. The van der Waals surface area contributed by atoms with Crippen molar-refractivity contribution in [3.63, 3.8) is 0 Å². The average Bonchev–Trinajstić information content (AvgIpc) is 2.94. The normalized spacial score (nSPS) is 11.8. The minimum atomic E-state index is -0.285. The van der Waals surface area contributed by atoms with E-state index in [0.717, 1.165) is 22.8 Å². The van der Waals surface area contributed by atoms with Crippen LogP contribution in [0.3, 0.4) is 0 Å². The van der Waals surface area contributed by atoms with Crippen molar-refractivity contribution in [3.8, 4) is 5.69 Å². The monoisotopic (exact) mass is 335 g/mol. The number of urea groups is 1. The first-order valence-corrected chi connectivity index (χ1v) is 8.15. The summed E-state index contributed by atoms with van der Waals surface area (Å²) in [4.78, 5) is 16.7. The predicted octanol–water partition coefficient (Wildman–Crippen LogP) is 3.77. The summed E-state index contributed by atoms with van der Waals surface area (Å²) in [7, 11) is 0. The highest BCUT2D eigenvalue weighted by molar-refractivity contribution is 5.91. The predicted molar refractivity (Wildman–Crippen MR) is 97.8 cm³/mol. The van der Waals surface area contributed by atoms with Gasteiger partial charge in [0.05, 0.1) is 28.8 Å². The molecule has 2 N–H and O–H groups in total. The molecule has 0 saturated carbocycles. The molecule has 128 valence electrons. The van der Waals surface area contributed by atoms with Crippen LogP contribution in [0.5, 0.6) is 0 Å². The van der Waals surface area contributed by atoms with Gasteiger partial charge in [0.25, 0.3) is 0 Å². The minimum Gasteiger partial charge on any atom is -0.330 e. The number of carbonyl (C=O) groups excluding carboxylic acids is 1. The fourth-order valence-corrected chi connectivity index (χ4v) is 2.70. The SMILES string of the molecule is Cc1cc(C)n(-c2ccccc2NC(=O)N[C@@H](C)c2ccccn2)n1. The standard InChI is InChI=1S/C19H21N5O/c1-13-12-14(2)24(23-13)18-10-5-4-9-17(18)22-19(25)21-15(3)16-8-6-7-11-20-16/h4-12,15H,1-3H3,(H2,21,22,25)/t15-/m0/s1. The second-order valence-electron chi connectivity index (χ2n) is 5.93. The van der Waals surface area contributed by atoms with E-state index in [1.807, 2.05) is 74.0 Å². The number of amides is 2. The van der Waals surface area contributed by atoms with Gasteiger partial charge in [-0.1, -0.05) is 18.2 Å². The van der Waals surface area contributed by atoms with Crippen molar-refractivity contribution in [2.45, 2.75) is 26.8 Å². The average molecular weight is 335 g/mol. The molecule has 0 aliphatic carbocycles. The Kier molecular flexibility index (Phi) is 4.79. The second kappa shape index (κ2) is 7.17. The van der Waals surface area contributed by atoms with E-state index in [-0.39, 0.29) is 12.1 Å². The quantitative estimate of drug-likeness (QED) is 0.762. The highest BCUT2D eigenvalue weighted by Crippen LogP contribution is 2.21. The number of nitrogens with one attached hydrogen (secondary N) is 2. The van der Waals surface area contributed by atoms with Gasteiger partial charge in [0.15, 0.2) is 0 Å². The molecule has 0 bridgehead atoms. The zero-order valence-electron chi connectivity index (χ0n) is 14.5. The zero-order chi connectivity index (χ0) is 17.8. The maximum Gasteiger partial charge on any atom is 0.319 e. The lowest BCUT2D eigenvalue weighted by Gasteiger charge is -2.16. The number of hydrogen-bond acceptors (Lipinski definition) is 3. The number of nitrogens with zero attached hydrogens (tertiary/aromatic N) is 3. The Bertz CT molecular complexity index is 873. The van der Waals surface area contributed by atoms with Crippen LogP contribution in [0.4, 0.5) is 10.5 Å². The van der Waals surface area contributed by atoms with Gasteiger partial charge in [-0.25, -0.2) is 9.48 Å². The van der Waals surface area contributed by atoms with Gasteiger partial charge >= 0.3 is 6.03 Å². The summed E-state index contributed by atoms with van der Waals surface area (Å²) in [5.74, 6) is 0. The van der Waals surface area contributed by atoms with Gasteiger partial charge < -0.3 is 10.6 Å². The fraction of sp³-hybridized carbons (Fsp3) is 0.211. The Labute approximate surface area is 146 Å². The maximum atomic E-state index is 12.4.